The lowest BCUT2D eigenvalue weighted by Gasteiger charge is -2.19. The van der Waals surface area contributed by atoms with Crippen LogP contribution in [0.25, 0.3) is 0 Å². The van der Waals surface area contributed by atoms with E-state index in [-0.39, 0.29) is 0 Å². The molecule has 0 bridgehead atoms. The van der Waals surface area contributed by atoms with Gasteiger partial charge in [0.1, 0.15) is 0 Å². The van der Waals surface area contributed by atoms with Gasteiger partial charge in [-0.15, -0.1) is 0 Å². The number of carbonyl (C=O) groups excluding carboxylic acids is 2. The van der Waals surface area contributed by atoms with Gasteiger partial charge in [0.15, 0.2) is 0 Å². The monoisotopic (exact) mass is 338 g/mol. The summed E-state index contributed by atoms with van der Waals surface area (Å²) in [6, 6.07) is 4.09. The van der Waals surface area contributed by atoms with E-state index in [9.17, 15) is 9.59 Å². The van der Waals surface area contributed by atoms with Crippen molar-refractivity contribution in [3.05, 3.63) is 27.7 Å². The SMILES string of the molecule is Cc1cc(Br)cc2c1N(CCCNC(C)C)C(=O)C2=O. The van der Waals surface area contributed by atoms with E-state index in [0.717, 1.165) is 28.7 Å². The molecule has 1 aromatic rings. The van der Waals surface area contributed by atoms with Crippen molar-refractivity contribution in [3.8, 4) is 0 Å². The third-order valence-corrected chi connectivity index (χ3v) is 3.79. The van der Waals surface area contributed by atoms with Gasteiger partial charge in [0, 0.05) is 17.1 Å². The summed E-state index contributed by atoms with van der Waals surface area (Å²) in [5, 5.41) is 3.31. The van der Waals surface area contributed by atoms with Crippen LogP contribution in [0.4, 0.5) is 5.69 Å². The molecule has 2 rings (SSSR count). The highest BCUT2D eigenvalue weighted by Gasteiger charge is 2.36. The lowest BCUT2D eigenvalue weighted by Crippen LogP contribution is -2.33. The van der Waals surface area contributed by atoms with Gasteiger partial charge < -0.3 is 10.2 Å². The number of aryl methyl sites for hydroxylation is 1. The summed E-state index contributed by atoms with van der Waals surface area (Å²) in [4.78, 5) is 25.7. The predicted molar refractivity (Wildman–Crippen MR) is 83.3 cm³/mol. The molecular weight excluding hydrogens is 320 g/mol. The van der Waals surface area contributed by atoms with Gasteiger partial charge in [-0.25, -0.2) is 0 Å². The van der Waals surface area contributed by atoms with Crippen molar-refractivity contribution in [1.29, 1.82) is 0 Å². The van der Waals surface area contributed by atoms with Crippen molar-refractivity contribution in [1.82, 2.24) is 5.32 Å². The Bertz CT molecular complexity index is 555. The second-order valence-electron chi connectivity index (χ2n) is 5.37. The summed E-state index contributed by atoms with van der Waals surface area (Å²) >= 11 is 3.37. The normalized spacial score (nSPS) is 14.3. The fourth-order valence-electron chi connectivity index (χ4n) is 2.45. The zero-order valence-corrected chi connectivity index (χ0v) is 13.6. The maximum absolute atomic E-state index is 12.1. The van der Waals surface area contributed by atoms with Gasteiger partial charge in [0.05, 0.1) is 11.3 Å². The number of nitrogens with zero attached hydrogens (tertiary/aromatic N) is 1. The van der Waals surface area contributed by atoms with Crippen molar-refractivity contribution in [2.45, 2.75) is 33.2 Å². The van der Waals surface area contributed by atoms with Crippen LogP contribution in [0.5, 0.6) is 0 Å². The van der Waals surface area contributed by atoms with Crippen LogP contribution in [0, 0.1) is 6.92 Å². The zero-order valence-electron chi connectivity index (χ0n) is 12.0. The molecule has 0 atom stereocenters. The minimum Gasteiger partial charge on any atom is -0.314 e. The Morgan fingerprint density at radius 2 is 2.00 bits per heavy atom. The molecule has 0 fully saturated rings. The highest BCUT2D eigenvalue weighted by Crippen LogP contribution is 2.34. The number of rotatable bonds is 5. The Morgan fingerprint density at radius 1 is 1.30 bits per heavy atom. The van der Waals surface area contributed by atoms with Gasteiger partial charge in [-0.1, -0.05) is 29.8 Å². The Morgan fingerprint density at radius 3 is 2.65 bits per heavy atom. The molecule has 1 aromatic carbocycles. The summed E-state index contributed by atoms with van der Waals surface area (Å²) in [6.45, 7) is 7.50. The first-order valence-corrected chi connectivity index (χ1v) is 7.61. The first-order chi connectivity index (χ1) is 9.41. The van der Waals surface area contributed by atoms with Crippen LogP contribution in [0.1, 0.15) is 36.2 Å². The third-order valence-electron chi connectivity index (χ3n) is 3.33. The Balaban J connectivity index is 2.16. The number of carbonyl (C=O) groups is 2. The van der Waals surface area contributed by atoms with E-state index in [1.807, 2.05) is 13.0 Å². The fourth-order valence-corrected chi connectivity index (χ4v) is 3.02. The van der Waals surface area contributed by atoms with Crippen LogP contribution in [0.15, 0.2) is 16.6 Å². The number of fused-ring (bicyclic) bond motifs is 1. The van der Waals surface area contributed by atoms with Gasteiger partial charge in [-0.05, 0) is 37.6 Å². The number of Topliss-reactive ketones (excluding diaryl/α,β-unsaturated/α-hetero) is 1. The van der Waals surface area contributed by atoms with Crippen molar-refractivity contribution >= 4 is 33.3 Å². The second kappa shape index (κ2) is 6.06. The largest absolute Gasteiger partial charge is 0.314 e. The van der Waals surface area contributed by atoms with E-state index in [2.05, 4.69) is 35.1 Å². The second-order valence-corrected chi connectivity index (χ2v) is 6.28. The molecule has 0 saturated heterocycles. The molecule has 20 heavy (non-hydrogen) atoms. The molecule has 0 saturated carbocycles. The van der Waals surface area contributed by atoms with E-state index >= 15 is 0 Å². The van der Waals surface area contributed by atoms with Crippen LogP contribution in [0.2, 0.25) is 0 Å². The third kappa shape index (κ3) is 2.94. The molecule has 4 nitrogen and oxygen atoms in total. The number of nitrogens with one attached hydrogen (secondary N) is 1. The van der Waals surface area contributed by atoms with Gasteiger partial charge in [-0.2, -0.15) is 0 Å². The van der Waals surface area contributed by atoms with Crippen LogP contribution in [-0.2, 0) is 4.79 Å². The smallest absolute Gasteiger partial charge is 0.299 e. The van der Waals surface area contributed by atoms with Gasteiger partial charge in [-0.3, -0.25) is 9.59 Å². The highest BCUT2D eigenvalue weighted by atomic mass is 79.9. The lowest BCUT2D eigenvalue weighted by molar-refractivity contribution is -0.114. The molecule has 108 valence electrons. The average molecular weight is 339 g/mol. The maximum Gasteiger partial charge on any atom is 0.299 e. The fraction of sp³-hybridized carbons (Fsp3) is 0.467. The maximum atomic E-state index is 12.1. The van der Waals surface area contributed by atoms with Crippen LogP contribution < -0.4 is 10.2 Å². The van der Waals surface area contributed by atoms with Crippen molar-refractivity contribution < 1.29 is 9.59 Å². The standard InChI is InChI=1S/C15H19BrN2O2/c1-9(2)17-5-4-6-18-13-10(3)7-11(16)8-12(13)14(19)15(18)20/h7-9,17H,4-6H2,1-3H3. The molecule has 0 spiro atoms. The Kier molecular flexibility index (Phi) is 4.60. The molecule has 1 aliphatic heterocycles. The van der Waals surface area contributed by atoms with Crippen molar-refractivity contribution in [2.75, 3.05) is 18.0 Å². The number of hydrogen-bond acceptors (Lipinski definition) is 3. The molecule has 0 radical (unpaired) electrons. The molecule has 0 unspecified atom stereocenters. The van der Waals surface area contributed by atoms with Crippen molar-refractivity contribution in [3.63, 3.8) is 0 Å². The lowest BCUT2D eigenvalue weighted by atomic mass is 10.1. The van der Waals surface area contributed by atoms with E-state index < -0.39 is 11.7 Å². The predicted octanol–water partition coefficient (Wildman–Crippen LogP) is 2.67. The summed E-state index contributed by atoms with van der Waals surface area (Å²) < 4.78 is 0.832. The van der Waals surface area contributed by atoms with E-state index in [0.29, 0.717) is 18.2 Å². The average Bonchev–Trinajstić information content (AvgIpc) is 2.59. The van der Waals surface area contributed by atoms with E-state index in [1.165, 1.54) is 0 Å². The number of benzene rings is 1. The van der Waals surface area contributed by atoms with Gasteiger partial charge in [0.25, 0.3) is 11.7 Å². The summed E-state index contributed by atoms with van der Waals surface area (Å²) in [5.74, 6) is -0.813. The molecule has 1 aliphatic rings. The van der Waals surface area contributed by atoms with Crippen LogP contribution >= 0.6 is 15.9 Å². The molecule has 0 aliphatic carbocycles. The van der Waals surface area contributed by atoms with Gasteiger partial charge >= 0.3 is 0 Å². The van der Waals surface area contributed by atoms with Gasteiger partial charge in [0.2, 0.25) is 0 Å². The quantitative estimate of drug-likeness (QED) is 0.663. The highest BCUT2D eigenvalue weighted by molar-refractivity contribution is 9.10. The number of anilines is 1. The first-order valence-electron chi connectivity index (χ1n) is 6.81. The first kappa shape index (κ1) is 15.2. The topological polar surface area (TPSA) is 49.4 Å². The summed E-state index contributed by atoms with van der Waals surface area (Å²) in [7, 11) is 0. The Labute approximate surface area is 127 Å². The molecule has 1 N–H and O–H groups in total. The minimum absolute atomic E-state index is 0.402. The Hall–Kier alpha value is -1.20. The molecule has 5 heteroatoms. The summed E-state index contributed by atoms with van der Waals surface area (Å²) in [5.41, 5.74) is 2.23. The van der Waals surface area contributed by atoms with Crippen LogP contribution in [-0.4, -0.2) is 30.8 Å². The van der Waals surface area contributed by atoms with E-state index in [1.54, 1.807) is 11.0 Å². The van der Waals surface area contributed by atoms with Crippen LogP contribution in [0.3, 0.4) is 0 Å². The molecule has 0 aromatic heterocycles. The molecular formula is C15H19BrN2O2. The number of hydrogen-bond donors (Lipinski definition) is 1. The number of halogens is 1. The van der Waals surface area contributed by atoms with E-state index in [4.69, 9.17) is 0 Å². The zero-order chi connectivity index (χ0) is 14.9. The molecule has 1 heterocycles. The summed E-state index contributed by atoms with van der Waals surface area (Å²) in [6.07, 6.45) is 0.826. The minimum atomic E-state index is -0.411. The number of amides is 1. The number of ketones is 1. The van der Waals surface area contributed by atoms with Crippen molar-refractivity contribution in [2.24, 2.45) is 0 Å². The molecule has 1 amide bonds.